The van der Waals surface area contributed by atoms with Crippen LogP contribution in [0, 0.1) is 17.5 Å². The molecule has 0 radical (unpaired) electrons. The van der Waals surface area contributed by atoms with E-state index in [1.54, 1.807) is 19.1 Å². The van der Waals surface area contributed by atoms with Crippen molar-refractivity contribution in [3.05, 3.63) is 46.2 Å². The van der Waals surface area contributed by atoms with Crippen molar-refractivity contribution < 1.29 is 4.39 Å². The van der Waals surface area contributed by atoms with E-state index in [4.69, 9.17) is 12.2 Å². The first kappa shape index (κ1) is 10.7. The molecule has 0 saturated heterocycles. The van der Waals surface area contributed by atoms with Crippen LogP contribution in [-0.4, -0.2) is 21.1 Å². The Morgan fingerprint density at radius 3 is 3.00 bits per heavy atom. The molecular weight excluding hydrogens is 227 g/mol. The van der Waals surface area contributed by atoms with Gasteiger partial charge in [0, 0.05) is 0 Å². The summed E-state index contributed by atoms with van der Waals surface area (Å²) < 4.78 is 14.8. The average molecular weight is 236 g/mol. The van der Waals surface area contributed by atoms with Crippen molar-refractivity contribution in [2.45, 2.75) is 6.92 Å². The quantitative estimate of drug-likeness (QED) is 0.642. The maximum atomic E-state index is 12.9. The molecule has 0 bridgehead atoms. The zero-order chi connectivity index (χ0) is 11.5. The summed E-state index contributed by atoms with van der Waals surface area (Å²) in [5, 5.41) is 10.6. The van der Waals surface area contributed by atoms with E-state index in [0.717, 1.165) is 0 Å². The van der Waals surface area contributed by atoms with Gasteiger partial charge in [0.25, 0.3) is 0 Å². The lowest BCUT2D eigenvalue weighted by molar-refractivity contribution is 0.627. The van der Waals surface area contributed by atoms with E-state index in [-0.39, 0.29) is 5.82 Å². The van der Waals surface area contributed by atoms with Crippen LogP contribution in [0.5, 0.6) is 0 Å². The fourth-order valence-corrected chi connectivity index (χ4v) is 1.44. The summed E-state index contributed by atoms with van der Waals surface area (Å²) in [6.07, 6.45) is 1.53. The number of nitrogens with one attached hydrogen (secondary N) is 1. The largest absolute Gasteiger partial charge is 0.250 e. The van der Waals surface area contributed by atoms with Gasteiger partial charge in [-0.15, -0.1) is 0 Å². The van der Waals surface area contributed by atoms with Crippen molar-refractivity contribution in [3.8, 4) is 0 Å². The smallest absolute Gasteiger partial charge is 0.216 e. The Morgan fingerprint density at radius 2 is 2.38 bits per heavy atom. The van der Waals surface area contributed by atoms with Gasteiger partial charge in [0.05, 0.1) is 6.21 Å². The van der Waals surface area contributed by atoms with Gasteiger partial charge in [-0.3, -0.25) is 5.10 Å². The zero-order valence-corrected chi connectivity index (χ0v) is 9.33. The SMILES string of the molecule is Cc1n[nH]c(=S)n1/N=C\c1cccc(F)c1. The standard InChI is InChI=1S/C10H9FN4S/c1-7-13-14-10(16)15(7)12-6-8-3-2-4-9(11)5-8/h2-6H,1H3,(H,14,16)/b12-6-. The van der Waals surface area contributed by atoms with Crippen LogP contribution >= 0.6 is 12.2 Å². The van der Waals surface area contributed by atoms with Gasteiger partial charge in [-0.25, -0.2) is 4.39 Å². The second-order valence-electron chi connectivity index (χ2n) is 3.19. The van der Waals surface area contributed by atoms with Crippen molar-refractivity contribution in [2.24, 2.45) is 5.10 Å². The molecule has 1 aromatic heterocycles. The summed E-state index contributed by atoms with van der Waals surface area (Å²) in [5.74, 6) is 0.356. The monoisotopic (exact) mass is 236 g/mol. The lowest BCUT2D eigenvalue weighted by atomic mass is 10.2. The molecule has 2 rings (SSSR count). The van der Waals surface area contributed by atoms with Gasteiger partial charge in [0.15, 0.2) is 0 Å². The zero-order valence-electron chi connectivity index (χ0n) is 8.51. The summed E-state index contributed by atoms with van der Waals surface area (Å²) in [4.78, 5) is 0. The number of benzene rings is 1. The summed E-state index contributed by atoms with van der Waals surface area (Å²) in [6.45, 7) is 1.77. The van der Waals surface area contributed by atoms with E-state index >= 15 is 0 Å². The molecule has 2 aromatic rings. The Labute approximate surface area is 96.4 Å². The molecule has 6 heteroatoms. The van der Waals surface area contributed by atoms with Gasteiger partial charge >= 0.3 is 0 Å². The topological polar surface area (TPSA) is 46.0 Å². The molecule has 1 N–H and O–H groups in total. The minimum Gasteiger partial charge on any atom is -0.250 e. The third-order valence-corrected chi connectivity index (χ3v) is 2.25. The predicted octanol–water partition coefficient (Wildman–Crippen LogP) is 2.27. The maximum Gasteiger partial charge on any atom is 0.216 e. The van der Waals surface area contributed by atoms with Crippen molar-refractivity contribution in [3.63, 3.8) is 0 Å². The van der Waals surface area contributed by atoms with Crippen LogP contribution in [0.2, 0.25) is 0 Å². The molecular formula is C10H9FN4S. The van der Waals surface area contributed by atoms with Gasteiger partial charge in [0.1, 0.15) is 11.6 Å². The predicted molar refractivity (Wildman–Crippen MR) is 61.5 cm³/mol. The Balaban J connectivity index is 2.32. The number of hydrogen-bond donors (Lipinski definition) is 1. The highest BCUT2D eigenvalue weighted by atomic mass is 32.1. The van der Waals surface area contributed by atoms with Crippen LogP contribution < -0.4 is 0 Å². The van der Waals surface area contributed by atoms with Crippen LogP contribution in [0.4, 0.5) is 4.39 Å². The number of hydrogen-bond acceptors (Lipinski definition) is 3. The molecule has 16 heavy (non-hydrogen) atoms. The highest BCUT2D eigenvalue weighted by molar-refractivity contribution is 7.71. The molecule has 1 heterocycles. The fraction of sp³-hybridized carbons (Fsp3) is 0.100. The number of rotatable bonds is 2. The Kier molecular flexibility index (Phi) is 2.91. The minimum absolute atomic E-state index is 0.295. The summed E-state index contributed by atoms with van der Waals surface area (Å²) in [7, 11) is 0. The van der Waals surface area contributed by atoms with E-state index in [1.165, 1.54) is 23.0 Å². The normalized spacial score (nSPS) is 11.1. The van der Waals surface area contributed by atoms with Crippen molar-refractivity contribution >= 4 is 18.4 Å². The van der Waals surface area contributed by atoms with E-state index in [1.807, 2.05) is 0 Å². The Bertz CT molecular complexity index is 585. The summed E-state index contributed by atoms with van der Waals surface area (Å²) in [6, 6.07) is 6.15. The molecule has 0 aliphatic rings. The number of halogens is 1. The van der Waals surface area contributed by atoms with E-state index in [0.29, 0.717) is 16.2 Å². The van der Waals surface area contributed by atoms with Crippen LogP contribution in [0.3, 0.4) is 0 Å². The average Bonchev–Trinajstić information content (AvgIpc) is 2.56. The van der Waals surface area contributed by atoms with Gasteiger partial charge in [0.2, 0.25) is 4.77 Å². The molecule has 82 valence electrons. The third-order valence-electron chi connectivity index (χ3n) is 1.98. The molecule has 1 aromatic carbocycles. The number of aromatic nitrogens is 3. The summed E-state index contributed by atoms with van der Waals surface area (Å²) >= 11 is 4.97. The first-order valence-electron chi connectivity index (χ1n) is 4.61. The second-order valence-corrected chi connectivity index (χ2v) is 3.57. The lowest BCUT2D eigenvalue weighted by Gasteiger charge is -1.95. The maximum absolute atomic E-state index is 12.9. The van der Waals surface area contributed by atoms with Crippen LogP contribution in [-0.2, 0) is 0 Å². The second kappa shape index (κ2) is 4.36. The van der Waals surface area contributed by atoms with Crippen LogP contribution in [0.15, 0.2) is 29.4 Å². The minimum atomic E-state index is -0.295. The number of aromatic amines is 1. The molecule has 0 amide bonds. The molecule has 4 nitrogen and oxygen atoms in total. The van der Waals surface area contributed by atoms with Crippen molar-refractivity contribution in [2.75, 3.05) is 0 Å². The molecule has 0 saturated carbocycles. The van der Waals surface area contributed by atoms with Crippen molar-refractivity contribution in [1.29, 1.82) is 0 Å². The molecule has 0 spiro atoms. The number of aryl methyl sites for hydroxylation is 1. The number of nitrogens with zero attached hydrogens (tertiary/aromatic N) is 3. The van der Waals surface area contributed by atoms with E-state index in [9.17, 15) is 4.39 Å². The lowest BCUT2D eigenvalue weighted by Crippen LogP contribution is -1.93. The van der Waals surface area contributed by atoms with Gasteiger partial charge in [-0.05, 0) is 36.8 Å². The fourth-order valence-electron chi connectivity index (χ4n) is 1.22. The van der Waals surface area contributed by atoms with Crippen LogP contribution in [0.1, 0.15) is 11.4 Å². The molecule has 0 aliphatic carbocycles. The highest BCUT2D eigenvalue weighted by Gasteiger charge is 1.97. The molecule has 0 fully saturated rings. The Morgan fingerprint density at radius 1 is 1.56 bits per heavy atom. The van der Waals surface area contributed by atoms with Crippen molar-refractivity contribution in [1.82, 2.24) is 14.9 Å². The highest BCUT2D eigenvalue weighted by Crippen LogP contribution is 2.01. The van der Waals surface area contributed by atoms with Gasteiger partial charge in [-0.1, -0.05) is 12.1 Å². The van der Waals surface area contributed by atoms with E-state index < -0.39 is 0 Å². The van der Waals surface area contributed by atoms with Crippen LogP contribution in [0.25, 0.3) is 0 Å². The first-order chi connectivity index (χ1) is 7.66. The molecule has 0 atom stereocenters. The first-order valence-corrected chi connectivity index (χ1v) is 5.01. The summed E-state index contributed by atoms with van der Waals surface area (Å²) in [5.41, 5.74) is 0.669. The Hall–Kier alpha value is -1.82. The van der Waals surface area contributed by atoms with Gasteiger partial charge < -0.3 is 0 Å². The number of H-pyrrole nitrogens is 1. The van der Waals surface area contributed by atoms with E-state index in [2.05, 4.69) is 15.3 Å². The molecule has 0 aliphatic heterocycles. The molecule has 0 unspecified atom stereocenters. The third kappa shape index (κ3) is 2.22. The van der Waals surface area contributed by atoms with Gasteiger partial charge in [-0.2, -0.15) is 14.9 Å².